The number of H-pyrrole nitrogens is 1. The molecule has 1 aliphatic rings. The first-order valence-electron chi connectivity index (χ1n) is 8.84. The van der Waals surface area contributed by atoms with Crippen LogP contribution in [0.15, 0.2) is 42.5 Å². The summed E-state index contributed by atoms with van der Waals surface area (Å²) in [7, 11) is 0. The van der Waals surface area contributed by atoms with Crippen molar-refractivity contribution in [1.29, 1.82) is 0 Å². The number of para-hydroxylation sites is 1. The molecule has 5 heteroatoms. The summed E-state index contributed by atoms with van der Waals surface area (Å²) in [5, 5.41) is 8.42. The van der Waals surface area contributed by atoms with Gasteiger partial charge in [-0.2, -0.15) is 0 Å². The van der Waals surface area contributed by atoms with Gasteiger partial charge in [0.1, 0.15) is 5.54 Å². The lowest BCUT2D eigenvalue weighted by Gasteiger charge is -2.37. The Morgan fingerprint density at radius 3 is 2.81 bits per heavy atom. The molecular weight excluding hydrogens is 346 g/mol. The van der Waals surface area contributed by atoms with E-state index in [9.17, 15) is 4.79 Å². The molecule has 0 fully saturated rings. The Morgan fingerprint density at radius 1 is 1.27 bits per heavy atom. The van der Waals surface area contributed by atoms with Crippen LogP contribution in [0, 0.1) is 6.92 Å². The van der Waals surface area contributed by atoms with Crippen molar-refractivity contribution >= 4 is 34.1 Å². The molecule has 0 aliphatic carbocycles. The maximum absolute atomic E-state index is 13.3. The SMILES string of the molecule is Cc1cc(Cl)ccc1NC(=O)C1(C)NC(C)Cc2c1[nH]c1ccccc21. The van der Waals surface area contributed by atoms with Crippen LogP contribution < -0.4 is 10.6 Å². The molecule has 2 atom stereocenters. The third-order valence-corrected chi connectivity index (χ3v) is 5.48. The van der Waals surface area contributed by atoms with Gasteiger partial charge in [-0.15, -0.1) is 0 Å². The van der Waals surface area contributed by atoms with E-state index in [-0.39, 0.29) is 11.9 Å². The molecule has 2 aromatic carbocycles. The van der Waals surface area contributed by atoms with Crippen LogP contribution in [0.25, 0.3) is 10.9 Å². The monoisotopic (exact) mass is 367 g/mol. The summed E-state index contributed by atoms with van der Waals surface area (Å²) < 4.78 is 0. The minimum absolute atomic E-state index is 0.0812. The standard InChI is InChI=1S/C21H22ClN3O/c1-12-10-14(22)8-9-17(12)24-20(26)21(3)19-16(11-13(2)25-21)15-6-4-5-7-18(15)23-19/h4-10,13,23,25H,11H2,1-3H3,(H,24,26). The van der Waals surface area contributed by atoms with Gasteiger partial charge in [0.25, 0.3) is 5.91 Å². The first kappa shape index (κ1) is 17.1. The molecule has 4 nitrogen and oxygen atoms in total. The fourth-order valence-electron chi connectivity index (χ4n) is 3.95. The van der Waals surface area contributed by atoms with E-state index < -0.39 is 5.54 Å². The fraction of sp³-hybridized carbons (Fsp3) is 0.286. The molecule has 1 amide bonds. The van der Waals surface area contributed by atoms with Crippen molar-refractivity contribution in [2.45, 2.75) is 38.8 Å². The third-order valence-electron chi connectivity index (χ3n) is 5.25. The fourth-order valence-corrected chi connectivity index (χ4v) is 4.18. The van der Waals surface area contributed by atoms with Crippen molar-refractivity contribution < 1.29 is 4.79 Å². The van der Waals surface area contributed by atoms with E-state index in [1.807, 2.05) is 38.1 Å². The van der Waals surface area contributed by atoms with Crippen LogP contribution in [-0.2, 0) is 16.8 Å². The second-order valence-electron chi connectivity index (χ2n) is 7.31. The molecule has 0 bridgehead atoms. The highest BCUT2D eigenvalue weighted by Gasteiger charge is 2.43. The predicted molar refractivity (Wildman–Crippen MR) is 107 cm³/mol. The number of aromatic amines is 1. The van der Waals surface area contributed by atoms with E-state index >= 15 is 0 Å². The first-order chi connectivity index (χ1) is 12.4. The summed E-state index contributed by atoms with van der Waals surface area (Å²) in [6, 6.07) is 13.9. The molecule has 3 aromatic rings. The van der Waals surface area contributed by atoms with Crippen LogP contribution in [-0.4, -0.2) is 16.9 Å². The molecule has 2 unspecified atom stereocenters. The summed E-state index contributed by atoms with van der Waals surface area (Å²) in [5.41, 5.74) is 4.11. The van der Waals surface area contributed by atoms with Gasteiger partial charge in [-0.25, -0.2) is 0 Å². The highest BCUT2D eigenvalue weighted by molar-refractivity contribution is 6.30. The first-order valence-corrected chi connectivity index (χ1v) is 9.21. The second kappa shape index (κ2) is 6.15. The molecule has 4 rings (SSSR count). The number of carbonyl (C=O) groups is 1. The van der Waals surface area contributed by atoms with Crippen molar-refractivity contribution in [2.75, 3.05) is 5.32 Å². The van der Waals surface area contributed by atoms with Crippen LogP contribution in [0.4, 0.5) is 5.69 Å². The summed E-state index contributed by atoms with van der Waals surface area (Å²) in [5.74, 6) is -0.0812. The lowest BCUT2D eigenvalue weighted by molar-refractivity contribution is -0.122. The number of aryl methyl sites for hydroxylation is 1. The van der Waals surface area contributed by atoms with Gasteiger partial charge in [-0.05, 0) is 62.6 Å². The maximum atomic E-state index is 13.3. The second-order valence-corrected chi connectivity index (χ2v) is 7.75. The Bertz CT molecular complexity index is 1010. The van der Waals surface area contributed by atoms with Crippen LogP contribution in [0.5, 0.6) is 0 Å². The van der Waals surface area contributed by atoms with Gasteiger partial charge in [0.15, 0.2) is 0 Å². The van der Waals surface area contributed by atoms with Gasteiger partial charge in [-0.3, -0.25) is 10.1 Å². The van der Waals surface area contributed by atoms with Gasteiger partial charge >= 0.3 is 0 Å². The van der Waals surface area contributed by atoms with Crippen LogP contribution in [0.2, 0.25) is 5.02 Å². The highest BCUT2D eigenvalue weighted by atomic mass is 35.5. The number of aromatic nitrogens is 1. The number of rotatable bonds is 2. The Hall–Kier alpha value is -2.30. The van der Waals surface area contributed by atoms with Crippen molar-refractivity contribution in [3.05, 3.63) is 64.3 Å². The van der Waals surface area contributed by atoms with Crippen LogP contribution in [0.3, 0.4) is 0 Å². The number of benzene rings is 2. The molecule has 2 heterocycles. The normalized spacial score (nSPS) is 22.2. The Balaban J connectivity index is 1.77. The number of anilines is 1. The van der Waals surface area contributed by atoms with Gasteiger partial charge in [0.2, 0.25) is 0 Å². The topological polar surface area (TPSA) is 56.9 Å². The Kier molecular flexibility index (Phi) is 4.05. The third kappa shape index (κ3) is 2.70. The zero-order valence-electron chi connectivity index (χ0n) is 15.1. The number of nitrogens with one attached hydrogen (secondary N) is 3. The molecule has 1 aliphatic heterocycles. The lowest BCUT2D eigenvalue weighted by Crippen LogP contribution is -2.56. The number of halogens is 1. The quantitative estimate of drug-likeness (QED) is 0.623. The molecule has 0 radical (unpaired) electrons. The molecule has 26 heavy (non-hydrogen) atoms. The van der Waals surface area contributed by atoms with E-state index in [4.69, 9.17) is 11.6 Å². The minimum Gasteiger partial charge on any atom is -0.356 e. The van der Waals surface area contributed by atoms with Crippen molar-refractivity contribution in [3.63, 3.8) is 0 Å². The van der Waals surface area contributed by atoms with Crippen molar-refractivity contribution in [1.82, 2.24) is 10.3 Å². The zero-order valence-corrected chi connectivity index (χ0v) is 15.9. The minimum atomic E-state index is -0.835. The van der Waals surface area contributed by atoms with Gasteiger partial charge in [0.05, 0.1) is 0 Å². The highest BCUT2D eigenvalue weighted by Crippen LogP contribution is 2.36. The van der Waals surface area contributed by atoms with Gasteiger partial charge in [0, 0.05) is 33.3 Å². The van der Waals surface area contributed by atoms with E-state index in [2.05, 4.69) is 34.7 Å². The lowest BCUT2D eigenvalue weighted by atomic mass is 9.84. The summed E-state index contributed by atoms with van der Waals surface area (Å²) in [6.07, 6.45) is 0.891. The van der Waals surface area contributed by atoms with E-state index in [1.165, 1.54) is 10.9 Å². The number of hydrogen-bond donors (Lipinski definition) is 3. The Labute approximate surface area is 157 Å². The van der Waals surface area contributed by atoms with Crippen LogP contribution in [0.1, 0.15) is 30.7 Å². The molecule has 0 spiro atoms. The molecule has 0 saturated heterocycles. The largest absolute Gasteiger partial charge is 0.356 e. The number of hydrogen-bond acceptors (Lipinski definition) is 2. The molecule has 3 N–H and O–H groups in total. The molecule has 1 aromatic heterocycles. The average molecular weight is 368 g/mol. The number of carbonyl (C=O) groups excluding carboxylic acids is 1. The van der Waals surface area contributed by atoms with Gasteiger partial charge < -0.3 is 10.3 Å². The van der Waals surface area contributed by atoms with Crippen LogP contribution >= 0.6 is 11.6 Å². The summed E-state index contributed by atoms with van der Waals surface area (Å²) >= 11 is 6.03. The van der Waals surface area contributed by atoms with Gasteiger partial charge in [-0.1, -0.05) is 29.8 Å². The predicted octanol–water partition coefficient (Wildman–Crippen LogP) is 4.52. The average Bonchev–Trinajstić information content (AvgIpc) is 2.97. The van der Waals surface area contributed by atoms with E-state index in [0.29, 0.717) is 5.02 Å². The van der Waals surface area contributed by atoms with Crippen molar-refractivity contribution in [2.24, 2.45) is 0 Å². The Morgan fingerprint density at radius 2 is 2.04 bits per heavy atom. The summed E-state index contributed by atoms with van der Waals surface area (Å²) in [4.78, 5) is 16.8. The maximum Gasteiger partial charge on any atom is 0.250 e. The molecule has 134 valence electrons. The zero-order chi connectivity index (χ0) is 18.5. The van der Waals surface area contributed by atoms with Crippen molar-refractivity contribution in [3.8, 4) is 0 Å². The molecule has 0 saturated carbocycles. The van der Waals surface area contributed by atoms with E-state index in [0.717, 1.165) is 28.9 Å². The molecular formula is C21H22ClN3O. The smallest absolute Gasteiger partial charge is 0.250 e. The van der Waals surface area contributed by atoms with E-state index in [1.54, 1.807) is 6.07 Å². The number of fused-ring (bicyclic) bond motifs is 3. The summed E-state index contributed by atoms with van der Waals surface area (Å²) in [6.45, 7) is 6.00. The number of amides is 1.